The van der Waals surface area contributed by atoms with Crippen LogP contribution in [0.25, 0.3) is 33.3 Å². The van der Waals surface area contributed by atoms with Crippen molar-refractivity contribution in [2.45, 2.75) is 57.0 Å². The molecule has 4 N–H and O–H groups in total. The number of hydrogen-bond donors (Lipinski definition) is 4. The summed E-state index contributed by atoms with van der Waals surface area (Å²) in [7, 11) is 0. The van der Waals surface area contributed by atoms with Gasteiger partial charge in [0.15, 0.2) is 0 Å². The molecule has 39 heavy (non-hydrogen) atoms. The molecule has 3 aromatic heterocycles. The lowest BCUT2D eigenvalue weighted by atomic mass is 9.95. The Bertz CT molecular complexity index is 1640. The summed E-state index contributed by atoms with van der Waals surface area (Å²) in [6, 6.07) is 12.1. The third kappa shape index (κ3) is 4.99. The Balaban J connectivity index is 1.29. The van der Waals surface area contributed by atoms with Gasteiger partial charge in [0.05, 0.1) is 29.3 Å². The molecular formula is C30H30N4O5. The van der Waals surface area contributed by atoms with Crippen molar-refractivity contribution in [3.8, 4) is 17.1 Å². The van der Waals surface area contributed by atoms with Gasteiger partial charge in [0.25, 0.3) is 5.91 Å². The average Bonchev–Trinajstić information content (AvgIpc) is 3.67. The number of H-pyrrole nitrogens is 1. The number of carbonyl (C=O) groups excluding carboxylic acids is 1. The van der Waals surface area contributed by atoms with E-state index in [4.69, 9.17) is 9.40 Å². The molecule has 2 aromatic carbocycles. The SMILES string of the molecule is O=C(O)CC(Cc1c[nH]c2ccc(O)cc12)NC(=O)c1ccc2c(c1)nc(-c1ccoc1)n2C1CCCCC1. The van der Waals surface area contributed by atoms with Crippen molar-refractivity contribution in [1.82, 2.24) is 19.9 Å². The van der Waals surface area contributed by atoms with Crippen molar-refractivity contribution < 1.29 is 24.2 Å². The molecule has 1 aliphatic rings. The number of benzene rings is 2. The second kappa shape index (κ2) is 10.3. The van der Waals surface area contributed by atoms with Crippen molar-refractivity contribution in [3.05, 3.63) is 72.3 Å². The Kier molecular flexibility index (Phi) is 6.56. The molecule has 9 nitrogen and oxygen atoms in total. The number of aromatic amines is 1. The second-order valence-corrected chi connectivity index (χ2v) is 10.3. The fourth-order valence-electron chi connectivity index (χ4n) is 5.80. The van der Waals surface area contributed by atoms with Gasteiger partial charge >= 0.3 is 5.97 Å². The number of aliphatic carboxylic acids is 1. The molecular weight excluding hydrogens is 496 g/mol. The molecule has 6 rings (SSSR count). The number of nitrogens with zero attached hydrogens (tertiary/aromatic N) is 2. The van der Waals surface area contributed by atoms with Gasteiger partial charge in [0, 0.05) is 34.7 Å². The zero-order chi connectivity index (χ0) is 26.9. The van der Waals surface area contributed by atoms with Crippen LogP contribution in [-0.2, 0) is 11.2 Å². The molecule has 0 bridgehead atoms. The normalized spacial score (nSPS) is 15.1. The Morgan fingerprint density at radius 3 is 2.74 bits per heavy atom. The predicted octanol–water partition coefficient (Wildman–Crippen LogP) is 5.80. The van der Waals surface area contributed by atoms with E-state index >= 15 is 0 Å². The summed E-state index contributed by atoms with van der Waals surface area (Å²) in [6.07, 6.45) is 10.9. The highest BCUT2D eigenvalue weighted by Crippen LogP contribution is 2.36. The number of carboxylic acid groups (broad SMARTS) is 1. The molecule has 0 spiro atoms. The molecule has 1 aliphatic carbocycles. The largest absolute Gasteiger partial charge is 0.508 e. The first kappa shape index (κ1) is 24.8. The maximum Gasteiger partial charge on any atom is 0.305 e. The molecule has 1 atom stereocenters. The zero-order valence-corrected chi connectivity index (χ0v) is 21.4. The second-order valence-electron chi connectivity index (χ2n) is 10.3. The lowest BCUT2D eigenvalue weighted by Crippen LogP contribution is -2.38. The number of furan rings is 1. The number of hydrogen-bond acceptors (Lipinski definition) is 5. The average molecular weight is 527 g/mol. The molecule has 1 amide bonds. The standard InChI is InChI=1S/C30H30N4O5/c35-23-7-8-25-24(15-23)20(16-31-25)12-21(14-28(36)37)32-30(38)18-6-9-27-26(13-18)33-29(19-10-11-39-17-19)34(27)22-4-2-1-3-5-22/h6-11,13,15-17,21-22,31,35H,1-5,12,14H2,(H,32,38)(H,36,37). The van der Waals surface area contributed by atoms with E-state index in [1.165, 1.54) is 19.3 Å². The van der Waals surface area contributed by atoms with E-state index < -0.39 is 12.0 Å². The van der Waals surface area contributed by atoms with Crippen LogP contribution in [0.2, 0.25) is 0 Å². The van der Waals surface area contributed by atoms with E-state index in [-0.39, 0.29) is 18.1 Å². The van der Waals surface area contributed by atoms with Crippen LogP contribution in [0.15, 0.2) is 65.6 Å². The number of fused-ring (bicyclic) bond motifs is 2. The minimum absolute atomic E-state index is 0.123. The predicted molar refractivity (Wildman–Crippen MR) is 147 cm³/mol. The third-order valence-corrected chi connectivity index (χ3v) is 7.64. The van der Waals surface area contributed by atoms with Gasteiger partial charge in [-0.3, -0.25) is 9.59 Å². The number of phenolic OH excluding ortho intramolecular Hbond substituents is 1. The smallest absolute Gasteiger partial charge is 0.305 e. The fraction of sp³-hybridized carbons (Fsp3) is 0.300. The number of rotatable bonds is 8. The van der Waals surface area contributed by atoms with E-state index in [1.807, 2.05) is 12.1 Å². The van der Waals surface area contributed by atoms with Crippen LogP contribution in [0.1, 0.15) is 60.5 Å². The number of aromatic nitrogens is 3. The molecule has 1 saturated carbocycles. The Morgan fingerprint density at radius 2 is 1.97 bits per heavy atom. The lowest BCUT2D eigenvalue weighted by Gasteiger charge is -2.25. The monoisotopic (exact) mass is 526 g/mol. The fourth-order valence-corrected chi connectivity index (χ4v) is 5.80. The van der Waals surface area contributed by atoms with Gasteiger partial charge in [-0.2, -0.15) is 0 Å². The van der Waals surface area contributed by atoms with Crippen molar-refractivity contribution in [1.29, 1.82) is 0 Å². The third-order valence-electron chi connectivity index (χ3n) is 7.64. The molecule has 9 heteroatoms. The van der Waals surface area contributed by atoms with Crippen LogP contribution in [0.4, 0.5) is 0 Å². The lowest BCUT2D eigenvalue weighted by molar-refractivity contribution is -0.137. The summed E-state index contributed by atoms with van der Waals surface area (Å²) in [5.74, 6) is -0.412. The zero-order valence-electron chi connectivity index (χ0n) is 21.4. The minimum atomic E-state index is -1.01. The quantitative estimate of drug-likeness (QED) is 0.202. The molecule has 200 valence electrons. The molecule has 0 radical (unpaired) electrons. The first-order valence-electron chi connectivity index (χ1n) is 13.3. The Morgan fingerprint density at radius 1 is 1.13 bits per heavy atom. The summed E-state index contributed by atoms with van der Waals surface area (Å²) in [4.78, 5) is 33.0. The van der Waals surface area contributed by atoms with Crippen molar-refractivity contribution in [3.63, 3.8) is 0 Å². The van der Waals surface area contributed by atoms with E-state index in [0.717, 1.165) is 46.2 Å². The number of carboxylic acids is 1. The molecule has 5 aromatic rings. The summed E-state index contributed by atoms with van der Waals surface area (Å²) in [6.45, 7) is 0. The van der Waals surface area contributed by atoms with Crippen LogP contribution < -0.4 is 5.32 Å². The molecule has 1 fully saturated rings. The van der Waals surface area contributed by atoms with Gasteiger partial charge in [0.2, 0.25) is 0 Å². The summed E-state index contributed by atoms with van der Waals surface area (Å²) < 4.78 is 7.62. The number of phenols is 1. The number of imidazole rings is 1. The number of nitrogens with one attached hydrogen (secondary N) is 2. The highest BCUT2D eigenvalue weighted by molar-refractivity contribution is 5.98. The first-order valence-corrected chi connectivity index (χ1v) is 13.3. The van der Waals surface area contributed by atoms with Crippen molar-refractivity contribution >= 4 is 33.8 Å². The molecule has 3 heterocycles. The topological polar surface area (TPSA) is 133 Å². The molecule has 0 aliphatic heterocycles. The Hall–Kier alpha value is -4.53. The summed E-state index contributed by atoms with van der Waals surface area (Å²) in [5.41, 5.74) is 4.65. The van der Waals surface area contributed by atoms with Crippen molar-refractivity contribution in [2.24, 2.45) is 0 Å². The van der Waals surface area contributed by atoms with Gasteiger partial charge in [-0.15, -0.1) is 0 Å². The van der Waals surface area contributed by atoms with Gasteiger partial charge in [-0.25, -0.2) is 4.98 Å². The maximum atomic E-state index is 13.3. The van der Waals surface area contributed by atoms with Crippen LogP contribution in [-0.4, -0.2) is 42.7 Å². The van der Waals surface area contributed by atoms with E-state index in [1.54, 1.807) is 49.1 Å². The van der Waals surface area contributed by atoms with Crippen LogP contribution >= 0.6 is 0 Å². The summed E-state index contributed by atoms with van der Waals surface area (Å²) in [5, 5.41) is 23.1. The Labute approximate surface area is 224 Å². The number of carbonyl (C=O) groups is 2. The van der Waals surface area contributed by atoms with Gasteiger partial charge in [0.1, 0.15) is 17.8 Å². The van der Waals surface area contributed by atoms with Crippen LogP contribution in [0, 0.1) is 0 Å². The van der Waals surface area contributed by atoms with Gasteiger partial charge in [-0.05, 0) is 67.3 Å². The number of aromatic hydroxyl groups is 1. The van der Waals surface area contributed by atoms with Crippen LogP contribution in [0.5, 0.6) is 5.75 Å². The highest BCUT2D eigenvalue weighted by Gasteiger charge is 2.24. The van der Waals surface area contributed by atoms with Gasteiger partial charge < -0.3 is 29.5 Å². The first-order chi connectivity index (χ1) is 19.0. The highest BCUT2D eigenvalue weighted by atomic mass is 16.4. The molecule has 0 saturated heterocycles. The van der Waals surface area contributed by atoms with Crippen LogP contribution in [0.3, 0.4) is 0 Å². The van der Waals surface area contributed by atoms with Gasteiger partial charge in [-0.1, -0.05) is 19.3 Å². The van der Waals surface area contributed by atoms with E-state index in [9.17, 15) is 19.8 Å². The van der Waals surface area contributed by atoms with Crippen molar-refractivity contribution in [2.75, 3.05) is 0 Å². The van der Waals surface area contributed by atoms with E-state index in [0.29, 0.717) is 23.5 Å². The summed E-state index contributed by atoms with van der Waals surface area (Å²) >= 11 is 0. The van der Waals surface area contributed by atoms with E-state index in [2.05, 4.69) is 14.9 Å². The minimum Gasteiger partial charge on any atom is -0.508 e. The number of amides is 1. The molecule has 1 unspecified atom stereocenters. The maximum absolute atomic E-state index is 13.3.